The van der Waals surface area contributed by atoms with E-state index in [0.717, 1.165) is 50.5 Å². The first-order valence-electron chi connectivity index (χ1n) is 12.9. The lowest BCUT2D eigenvalue weighted by Crippen LogP contribution is -2.51. The quantitative estimate of drug-likeness (QED) is 0.561. The summed E-state index contributed by atoms with van der Waals surface area (Å²) in [7, 11) is 0. The maximum atomic E-state index is 10.5. The third kappa shape index (κ3) is 6.11. The fraction of sp³-hybridized carbons (Fsp3) is 0.571. The molecule has 0 aromatic heterocycles. The molecular formula is C28H38N2O4. The lowest BCUT2D eigenvalue weighted by molar-refractivity contribution is 0.0240. The Kier molecular flexibility index (Phi) is 7.70. The van der Waals surface area contributed by atoms with Gasteiger partial charge in [0.15, 0.2) is 0 Å². The molecule has 3 aliphatic rings. The van der Waals surface area contributed by atoms with Crippen molar-refractivity contribution >= 4 is 0 Å². The van der Waals surface area contributed by atoms with E-state index in [1.807, 2.05) is 12.1 Å². The smallest absolute Gasteiger partial charge is 0.119 e. The van der Waals surface area contributed by atoms with Crippen molar-refractivity contribution in [2.24, 2.45) is 0 Å². The lowest BCUT2D eigenvalue weighted by atomic mass is 10.1. The maximum Gasteiger partial charge on any atom is 0.119 e. The number of β-amino-alcohol motifs (C(OH)–C–C–N with tert-alkyl or cyclic N) is 2. The predicted molar refractivity (Wildman–Crippen MR) is 133 cm³/mol. The van der Waals surface area contributed by atoms with Crippen molar-refractivity contribution in [1.29, 1.82) is 0 Å². The van der Waals surface area contributed by atoms with Gasteiger partial charge < -0.3 is 19.7 Å². The van der Waals surface area contributed by atoms with Gasteiger partial charge in [-0.15, -0.1) is 0 Å². The first-order chi connectivity index (χ1) is 16.6. The second-order valence-corrected chi connectivity index (χ2v) is 10.1. The van der Waals surface area contributed by atoms with E-state index in [1.54, 1.807) is 0 Å². The van der Waals surface area contributed by atoms with Gasteiger partial charge in [-0.2, -0.15) is 0 Å². The van der Waals surface area contributed by atoms with Gasteiger partial charge in [-0.05, 0) is 85.0 Å². The molecule has 0 saturated carbocycles. The highest BCUT2D eigenvalue weighted by atomic mass is 16.5. The zero-order valence-corrected chi connectivity index (χ0v) is 20.1. The summed E-state index contributed by atoms with van der Waals surface area (Å²) >= 11 is 0. The Morgan fingerprint density at radius 2 is 1.03 bits per heavy atom. The van der Waals surface area contributed by atoms with Crippen LogP contribution in [0, 0.1) is 0 Å². The molecule has 5 rings (SSSR count). The lowest BCUT2D eigenvalue weighted by Gasteiger charge is -2.36. The van der Waals surface area contributed by atoms with Crippen LogP contribution in [0.1, 0.15) is 35.1 Å². The van der Waals surface area contributed by atoms with Gasteiger partial charge in [-0.1, -0.05) is 12.1 Å². The topological polar surface area (TPSA) is 65.4 Å². The number of nitrogens with zero attached hydrogens (tertiary/aromatic N) is 2. The summed E-state index contributed by atoms with van der Waals surface area (Å²) in [5.74, 6) is 1.72. The molecule has 6 nitrogen and oxygen atoms in total. The molecule has 0 bridgehead atoms. The Labute approximate surface area is 203 Å². The molecule has 6 heteroatoms. The Hall–Kier alpha value is -2.12. The predicted octanol–water partition coefficient (Wildman–Crippen LogP) is 2.46. The van der Waals surface area contributed by atoms with Crippen molar-refractivity contribution in [1.82, 2.24) is 9.80 Å². The number of fused-ring (bicyclic) bond motifs is 2. The Balaban J connectivity index is 0.977. The molecule has 184 valence electrons. The number of rotatable bonds is 10. The van der Waals surface area contributed by atoms with E-state index >= 15 is 0 Å². The summed E-state index contributed by atoms with van der Waals surface area (Å²) in [5, 5.41) is 20.9. The number of aliphatic hydroxyl groups is 2. The molecule has 2 N–H and O–H groups in total. The Morgan fingerprint density at radius 3 is 1.47 bits per heavy atom. The van der Waals surface area contributed by atoms with E-state index in [2.05, 4.69) is 34.1 Å². The minimum atomic E-state index is -0.508. The zero-order chi connectivity index (χ0) is 23.3. The van der Waals surface area contributed by atoms with Gasteiger partial charge in [0.05, 0.1) is 0 Å². The van der Waals surface area contributed by atoms with Crippen LogP contribution < -0.4 is 9.47 Å². The SMILES string of the molecule is O[C@@H](COc1ccc2c(c1)CCC2)CN1CCN(C[C@@H](O)COc2ccc3c(c2)CCC3)CC1. The third-order valence-electron chi connectivity index (χ3n) is 7.43. The molecule has 1 heterocycles. The number of aryl methyl sites for hydroxylation is 4. The van der Waals surface area contributed by atoms with E-state index in [4.69, 9.17) is 9.47 Å². The molecule has 34 heavy (non-hydrogen) atoms. The summed E-state index contributed by atoms with van der Waals surface area (Å²) in [5.41, 5.74) is 5.65. The van der Waals surface area contributed by atoms with Crippen LogP contribution in [0.4, 0.5) is 0 Å². The fourth-order valence-electron chi connectivity index (χ4n) is 5.52. The van der Waals surface area contributed by atoms with Crippen LogP contribution in [0.25, 0.3) is 0 Å². The largest absolute Gasteiger partial charge is 0.491 e. The number of piperazine rings is 1. The molecular weight excluding hydrogens is 428 g/mol. The highest BCUT2D eigenvalue weighted by molar-refractivity contribution is 5.39. The summed E-state index contributed by atoms with van der Waals surface area (Å²) in [4.78, 5) is 4.56. The van der Waals surface area contributed by atoms with Gasteiger partial charge in [-0.25, -0.2) is 0 Å². The van der Waals surface area contributed by atoms with Crippen LogP contribution in [-0.2, 0) is 25.7 Å². The first-order valence-corrected chi connectivity index (χ1v) is 12.9. The van der Waals surface area contributed by atoms with E-state index in [0.29, 0.717) is 26.3 Å². The maximum absolute atomic E-state index is 10.5. The summed E-state index contributed by atoms with van der Waals surface area (Å²) in [6.45, 7) is 5.40. The van der Waals surface area contributed by atoms with Crippen LogP contribution in [0.3, 0.4) is 0 Å². The molecule has 0 spiro atoms. The van der Waals surface area contributed by atoms with Crippen molar-refractivity contribution < 1.29 is 19.7 Å². The number of hydrogen-bond acceptors (Lipinski definition) is 6. The molecule has 1 saturated heterocycles. The number of ether oxygens (including phenoxy) is 2. The van der Waals surface area contributed by atoms with Gasteiger partial charge >= 0.3 is 0 Å². The summed E-state index contributed by atoms with van der Waals surface area (Å²) in [6, 6.07) is 12.6. The molecule has 2 aromatic carbocycles. The van der Waals surface area contributed by atoms with Crippen LogP contribution >= 0.6 is 0 Å². The van der Waals surface area contributed by atoms with Gasteiger partial charge in [0.2, 0.25) is 0 Å². The van der Waals surface area contributed by atoms with Crippen molar-refractivity contribution in [2.45, 2.75) is 50.7 Å². The van der Waals surface area contributed by atoms with E-state index < -0.39 is 12.2 Å². The molecule has 0 amide bonds. The fourth-order valence-corrected chi connectivity index (χ4v) is 5.52. The first kappa shape index (κ1) is 23.6. The third-order valence-corrected chi connectivity index (χ3v) is 7.43. The molecule has 1 aliphatic heterocycles. The summed E-state index contributed by atoms with van der Waals surface area (Å²) < 4.78 is 11.7. The second kappa shape index (κ2) is 11.1. The molecule has 0 radical (unpaired) electrons. The van der Waals surface area contributed by atoms with Crippen LogP contribution in [0.5, 0.6) is 11.5 Å². The van der Waals surface area contributed by atoms with Gasteiger partial charge in [-0.3, -0.25) is 9.80 Å². The van der Waals surface area contributed by atoms with E-state index in [9.17, 15) is 10.2 Å². The molecule has 2 aliphatic carbocycles. The molecule has 0 unspecified atom stereocenters. The van der Waals surface area contributed by atoms with Gasteiger partial charge in [0.1, 0.15) is 36.9 Å². The van der Waals surface area contributed by atoms with Crippen LogP contribution in [-0.4, -0.2) is 84.7 Å². The van der Waals surface area contributed by atoms with Crippen molar-refractivity contribution in [3.8, 4) is 11.5 Å². The van der Waals surface area contributed by atoms with Crippen molar-refractivity contribution in [2.75, 3.05) is 52.5 Å². The second-order valence-electron chi connectivity index (χ2n) is 10.1. The average Bonchev–Trinajstić information content (AvgIpc) is 3.51. The number of aliphatic hydroxyl groups excluding tert-OH is 2. The molecule has 2 atom stereocenters. The average molecular weight is 467 g/mol. The zero-order valence-electron chi connectivity index (χ0n) is 20.1. The van der Waals surface area contributed by atoms with Crippen molar-refractivity contribution in [3.63, 3.8) is 0 Å². The van der Waals surface area contributed by atoms with Crippen molar-refractivity contribution in [3.05, 3.63) is 58.7 Å². The summed E-state index contributed by atoms with van der Waals surface area (Å²) in [6.07, 6.45) is 6.05. The van der Waals surface area contributed by atoms with Gasteiger partial charge in [0, 0.05) is 39.3 Å². The van der Waals surface area contributed by atoms with E-state index in [-0.39, 0.29) is 0 Å². The monoisotopic (exact) mass is 466 g/mol. The Morgan fingerprint density at radius 1 is 0.618 bits per heavy atom. The van der Waals surface area contributed by atoms with Gasteiger partial charge in [0.25, 0.3) is 0 Å². The molecule has 1 fully saturated rings. The van der Waals surface area contributed by atoms with E-state index in [1.165, 1.54) is 47.9 Å². The highest BCUT2D eigenvalue weighted by Gasteiger charge is 2.22. The number of benzene rings is 2. The van der Waals surface area contributed by atoms with Crippen LogP contribution in [0.2, 0.25) is 0 Å². The standard InChI is InChI=1S/C28H38N2O4/c31-25(19-33-27-9-7-21-3-1-5-23(21)15-27)17-29-11-13-30(14-12-29)18-26(32)20-34-28-10-8-22-4-2-6-24(22)16-28/h7-10,15-16,25-26,31-32H,1-6,11-14,17-20H2/t25-,26-/m1/s1. The minimum Gasteiger partial charge on any atom is -0.491 e. The van der Waals surface area contributed by atoms with Crippen LogP contribution in [0.15, 0.2) is 36.4 Å². The normalized spacial score (nSPS) is 20.1. The number of hydrogen-bond donors (Lipinski definition) is 2. The Bertz CT molecular complexity index is 880. The molecule has 2 aromatic rings. The minimum absolute atomic E-state index is 0.317. The highest BCUT2D eigenvalue weighted by Crippen LogP contribution is 2.27.